The lowest BCUT2D eigenvalue weighted by Gasteiger charge is -2.34. The van der Waals surface area contributed by atoms with Gasteiger partial charge in [-0.1, -0.05) is 13.8 Å². The predicted molar refractivity (Wildman–Crippen MR) is 93.1 cm³/mol. The molecule has 0 bridgehead atoms. The van der Waals surface area contributed by atoms with Crippen LogP contribution in [0.15, 0.2) is 40.9 Å². The SMILES string of the molecule is CC1CC(C)CN(/C=C(/C#N)C(=O)Nc2ccc(S(=O)(=O)O)cc2)C1. The Kier molecular flexibility index (Phi) is 5.82. The number of carbonyl (C=O) groups is 1. The number of hydrogen-bond acceptors (Lipinski definition) is 5. The van der Waals surface area contributed by atoms with Gasteiger partial charge in [0.05, 0.1) is 4.90 Å². The first-order chi connectivity index (χ1) is 11.7. The van der Waals surface area contributed by atoms with Gasteiger partial charge in [0.1, 0.15) is 11.6 Å². The first kappa shape index (κ1) is 19.0. The van der Waals surface area contributed by atoms with Crippen molar-refractivity contribution in [3.8, 4) is 6.07 Å². The molecule has 0 aromatic heterocycles. The first-order valence-electron chi connectivity index (χ1n) is 7.94. The molecule has 1 aromatic rings. The summed E-state index contributed by atoms with van der Waals surface area (Å²) in [7, 11) is -4.28. The van der Waals surface area contributed by atoms with E-state index in [9.17, 15) is 18.5 Å². The number of rotatable bonds is 4. The minimum Gasteiger partial charge on any atom is -0.376 e. The summed E-state index contributed by atoms with van der Waals surface area (Å²) < 4.78 is 31.0. The van der Waals surface area contributed by atoms with E-state index in [0.29, 0.717) is 17.5 Å². The van der Waals surface area contributed by atoms with Crippen molar-refractivity contribution in [3.63, 3.8) is 0 Å². The maximum atomic E-state index is 12.3. The molecule has 1 aromatic carbocycles. The van der Waals surface area contributed by atoms with Crippen LogP contribution in [-0.4, -0.2) is 36.9 Å². The highest BCUT2D eigenvalue weighted by atomic mass is 32.2. The lowest BCUT2D eigenvalue weighted by Crippen LogP contribution is -2.35. The summed E-state index contributed by atoms with van der Waals surface area (Å²) in [5.41, 5.74) is 0.319. The normalized spacial score (nSPS) is 21.5. The maximum Gasteiger partial charge on any atom is 0.294 e. The van der Waals surface area contributed by atoms with Crippen LogP contribution in [-0.2, 0) is 14.9 Å². The number of benzene rings is 1. The van der Waals surface area contributed by atoms with E-state index in [2.05, 4.69) is 19.2 Å². The zero-order valence-electron chi connectivity index (χ0n) is 14.1. The average molecular weight is 363 g/mol. The molecule has 1 amide bonds. The molecule has 0 spiro atoms. The summed E-state index contributed by atoms with van der Waals surface area (Å²) in [6.45, 7) is 5.87. The predicted octanol–water partition coefficient (Wildman–Crippen LogP) is 2.26. The first-order valence-corrected chi connectivity index (χ1v) is 9.38. The zero-order valence-corrected chi connectivity index (χ0v) is 15.0. The third kappa shape index (κ3) is 5.31. The number of anilines is 1. The van der Waals surface area contributed by atoms with Gasteiger partial charge < -0.3 is 10.2 Å². The van der Waals surface area contributed by atoms with Crippen LogP contribution in [0.3, 0.4) is 0 Å². The van der Waals surface area contributed by atoms with Crippen molar-refractivity contribution in [2.45, 2.75) is 25.2 Å². The summed E-state index contributed by atoms with van der Waals surface area (Å²) in [6, 6.07) is 6.95. The second kappa shape index (κ2) is 7.68. The molecule has 2 atom stereocenters. The van der Waals surface area contributed by atoms with Crippen molar-refractivity contribution in [3.05, 3.63) is 36.0 Å². The fourth-order valence-corrected chi connectivity index (χ4v) is 3.53. The fourth-order valence-electron chi connectivity index (χ4n) is 3.05. The Balaban J connectivity index is 2.10. The summed E-state index contributed by atoms with van der Waals surface area (Å²) in [4.78, 5) is 14.0. The number of amides is 1. The van der Waals surface area contributed by atoms with Crippen LogP contribution in [0, 0.1) is 23.2 Å². The minimum absolute atomic E-state index is 0.0137. The Hall–Kier alpha value is -2.37. The van der Waals surface area contributed by atoms with E-state index in [1.54, 1.807) is 6.20 Å². The molecule has 25 heavy (non-hydrogen) atoms. The number of nitrogens with one attached hydrogen (secondary N) is 1. The Bertz CT molecular complexity index is 799. The summed E-state index contributed by atoms with van der Waals surface area (Å²) in [6.07, 6.45) is 2.70. The largest absolute Gasteiger partial charge is 0.376 e. The third-order valence-electron chi connectivity index (χ3n) is 3.98. The van der Waals surface area contributed by atoms with Gasteiger partial charge in [0.2, 0.25) is 0 Å². The molecule has 1 heterocycles. The van der Waals surface area contributed by atoms with E-state index < -0.39 is 16.0 Å². The molecule has 2 unspecified atom stereocenters. The Morgan fingerprint density at radius 2 is 1.84 bits per heavy atom. The van der Waals surface area contributed by atoms with Crippen LogP contribution >= 0.6 is 0 Å². The summed E-state index contributed by atoms with van der Waals surface area (Å²) in [5.74, 6) is 0.431. The van der Waals surface area contributed by atoms with Crippen LogP contribution in [0.2, 0.25) is 0 Å². The van der Waals surface area contributed by atoms with Crippen LogP contribution in [0.4, 0.5) is 5.69 Å². The molecule has 7 nitrogen and oxygen atoms in total. The lowest BCUT2D eigenvalue weighted by molar-refractivity contribution is -0.112. The zero-order chi connectivity index (χ0) is 18.6. The second-order valence-corrected chi connectivity index (χ2v) is 7.93. The molecule has 1 saturated heterocycles. The fraction of sp³-hybridized carbons (Fsp3) is 0.412. The maximum absolute atomic E-state index is 12.3. The molecule has 1 aliphatic heterocycles. The van der Waals surface area contributed by atoms with Crippen molar-refractivity contribution in [1.29, 1.82) is 5.26 Å². The standard InChI is InChI=1S/C17H21N3O4S/c1-12-7-13(2)10-20(9-12)11-14(8-18)17(21)19-15-3-5-16(6-4-15)25(22,23)24/h3-6,11-13H,7,9-10H2,1-2H3,(H,19,21)(H,22,23,24)/b14-11-. The number of carbonyl (C=O) groups excluding carboxylic acids is 1. The number of hydrogen-bond donors (Lipinski definition) is 2. The van der Waals surface area contributed by atoms with Crippen LogP contribution in [0.1, 0.15) is 20.3 Å². The second-order valence-electron chi connectivity index (χ2n) is 6.51. The van der Waals surface area contributed by atoms with E-state index in [0.717, 1.165) is 19.5 Å². The lowest BCUT2D eigenvalue weighted by atomic mass is 9.92. The van der Waals surface area contributed by atoms with E-state index in [1.807, 2.05) is 11.0 Å². The molecular formula is C17H21N3O4S. The molecule has 0 saturated carbocycles. The molecule has 1 fully saturated rings. The van der Waals surface area contributed by atoms with Crippen LogP contribution in [0.25, 0.3) is 0 Å². The molecule has 134 valence electrons. The highest BCUT2D eigenvalue weighted by Gasteiger charge is 2.21. The van der Waals surface area contributed by atoms with Gasteiger partial charge in [-0.3, -0.25) is 9.35 Å². The number of likely N-dealkylation sites (tertiary alicyclic amines) is 1. The van der Waals surface area contributed by atoms with Gasteiger partial charge in [-0.15, -0.1) is 0 Å². The van der Waals surface area contributed by atoms with Crippen molar-refractivity contribution < 1.29 is 17.8 Å². The smallest absolute Gasteiger partial charge is 0.294 e. The van der Waals surface area contributed by atoms with Gasteiger partial charge in [0.15, 0.2) is 0 Å². The van der Waals surface area contributed by atoms with Gasteiger partial charge in [-0.25, -0.2) is 0 Å². The molecule has 8 heteroatoms. The number of piperidine rings is 1. The highest BCUT2D eigenvalue weighted by molar-refractivity contribution is 7.85. The van der Waals surface area contributed by atoms with Gasteiger partial charge in [0.25, 0.3) is 16.0 Å². The number of nitrogens with zero attached hydrogens (tertiary/aromatic N) is 2. The Morgan fingerprint density at radius 3 is 2.32 bits per heavy atom. The molecule has 0 radical (unpaired) electrons. The van der Waals surface area contributed by atoms with Gasteiger partial charge >= 0.3 is 0 Å². The van der Waals surface area contributed by atoms with E-state index in [1.165, 1.54) is 24.3 Å². The summed E-state index contributed by atoms with van der Waals surface area (Å²) >= 11 is 0. The van der Waals surface area contributed by atoms with E-state index >= 15 is 0 Å². The van der Waals surface area contributed by atoms with Crippen molar-refractivity contribution in [2.24, 2.45) is 11.8 Å². The van der Waals surface area contributed by atoms with E-state index in [4.69, 9.17) is 4.55 Å². The van der Waals surface area contributed by atoms with Crippen molar-refractivity contribution in [2.75, 3.05) is 18.4 Å². The topological polar surface area (TPSA) is 111 Å². The molecule has 1 aliphatic rings. The van der Waals surface area contributed by atoms with Crippen molar-refractivity contribution in [1.82, 2.24) is 4.90 Å². The van der Waals surface area contributed by atoms with Gasteiger partial charge in [-0.05, 0) is 42.5 Å². The van der Waals surface area contributed by atoms with Crippen molar-refractivity contribution >= 4 is 21.7 Å². The summed E-state index contributed by atoms with van der Waals surface area (Å²) in [5, 5.41) is 11.8. The third-order valence-corrected chi connectivity index (χ3v) is 4.85. The minimum atomic E-state index is -4.28. The van der Waals surface area contributed by atoms with Gasteiger partial charge in [-0.2, -0.15) is 13.7 Å². The van der Waals surface area contributed by atoms with E-state index in [-0.39, 0.29) is 10.5 Å². The molecular weight excluding hydrogens is 342 g/mol. The number of nitriles is 1. The van der Waals surface area contributed by atoms with Gasteiger partial charge in [0, 0.05) is 25.0 Å². The highest BCUT2D eigenvalue weighted by Crippen LogP contribution is 2.22. The Labute approximate surface area is 147 Å². The average Bonchev–Trinajstić information content (AvgIpc) is 2.51. The Morgan fingerprint density at radius 1 is 1.28 bits per heavy atom. The van der Waals surface area contributed by atoms with Crippen LogP contribution in [0.5, 0.6) is 0 Å². The van der Waals surface area contributed by atoms with Crippen LogP contribution < -0.4 is 5.32 Å². The quantitative estimate of drug-likeness (QED) is 0.482. The molecule has 2 N–H and O–H groups in total. The molecule has 2 rings (SSSR count). The monoisotopic (exact) mass is 363 g/mol. The molecule has 0 aliphatic carbocycles.